The first kappa shape index (κ1) is 23.9. The molecule has 1 aromatic carbocycles. The zero-order chi connectivity index (χ0) is 25.9. The molecule has 0 saturated carbocycles. The average Bonchev–Trinajstić information content (AvgIpc) is 3.26. The number of anilines is 1. The number of unbranched alkanes of at least 4 members (excludes halogenated alkanes) is 2. The van der Waals surface area contributed by atoms with Crippen LogP contribution >= 0.6 is 0 Å². The first-order valence-corrected chi connectivity index (χ1v) is 13.3. The molecule has 6 rings (SSSR count). The molecule has 0 unspecified atom stereocenters. The first-order valence-electron chi connectivity index (χ1n) is 13.3. The van der Waals surface area contributed by atoms with Gasteiger partial charge in [0, 0.05) is 17.7 Å². The van der Waals surface area contributed by atoms with Crippen molar-refractivity contribution in [3.8, 4) is 11.4 Å². The Morgan fingerprint density at radius 1 is 1.16 bits per heavy atom. The molecule has 3 aromatic rings. The number of hydrogen-bond donors (Lipinski definition) is 0. The number of benzene rings is 1. The SMILES string of the molecule is CCCCCN1C=Nc2cccc3nc4c(c1c23)Cn1c-4cc2c(c1=O)COC(=O)[C@@]2(CC)OC(C)C. The van der Waals surface area contributed by atoms with Gasteiger partial charge in [-0.1, -0.05) is 32.8 Å². The Kier molecular flexibility index (Phi) is 5.67. The highest BCUT2D eigenvalue weighted by atomic mass is 16.6. The smallest absolute Gasteiger partial charge is 0.343 e. The zero-order valence-corrected chi connectivity index (χ0v) is 21.8. The van der Waals surface area contributed by atoms with E-state index in [4.69, 9.17) is 19.5 Å². The summed E-state index contributed by atoms with van der Waals surface area (Å²) in [5.41, 5.74) is 4.97. The van der Waals surface area contributed by atoms with Gasteiger partial charge in [-0.05, 0) is 44.9 Å². The van der Waals surface area contributed by atoms with Crippen LogP contribution in [0.1, 0.15) is 70.1 Å². The van der Waals surface area contributed by atoms with E-state index in [2.05, 4.69) is 11.8 Å². The highest BCUT2D eigenvalue weighted by Gasteiger charge is 2.49. The molecule has 3 aliphatic heterocycles. The number of aromatic nitrogens is 2. The highest BCUT2D eigenvalue weighted by molar-refractivity contribution is 6.11. The molecular formula is C29H32N4O4. The predicted octanol–water partition coefficient (Wildman–Crippen LogP) is 5.18. The van der Waals surface area contributed by atoms with Gasteiger partial charge in [-0.2, -0.15) is 0 Å². The van der Waals surface area contributed by atoms with Crippen molar-refractivity contribution >= 4 is 34.6 Å². The number of ether oxygens (including phenoxy) is 2. The molecular weight excluding hydrogens is 468 g/mol. The molecule has 0 radical (unpaired) electrons. The second-order valence-electron chi connectivity index (χ2n) is 10.3. The van der Waals surface area contributed by atoms with E-state index >= 15 is 0 Å². The van der Waals surface area contributed by atoms with E-state index in [0.717, 1.165) is 65.0 Å². The number of pyridine rings is 2. The van der Waals surface area contributed by atoms with Crippen LogP contribution in [0, 0.1) is 0 Å². The molecule has 8 nitrogen and oxygen atoms in total. The van der Waals surface area contributed by atoms with Gasteiger partial charge in [-0.3, -0.25) is 4.79 Å². The molecule has 2 aromatic heterocycles. The van der Waals surface area contributed by atoms with Crippen LogP contribution in [0.2, 0.25) is 0 Å². The molecule has 3 aliphatic rings. The lowest BCUT2D eigenvalue weighted by Gasteiger charge is -2.37. The Hall–Kier alpha value is -3.52. The fourth-order valence-electron chi connectivity index (χ4n) is 5.99. The topological polar surface area (TPSA) is 86.0 Å². The van der Waals surface area contributed by atoms with Crippen LogP contribution < -0.4 is 10.5 Å². The Labute approximate surface area is 215 Å². The molecule has 5 heterocycles. The molecule has 0 spiro atoms. The molecule has 37 heavy (non-hydrogen) atoms. The molecule has 0 N–H and O–H groups in total. The summed E-state index contributed by atoms with van der Waals surface area (Å²) in [7, 11) is 0. The van der Waals surface area contributed by atoms with E-state index in [1.807, 2.05) is 51.4 Å². The number of rotatable bonds is 7. The highest BCUT2D eigenvalue weighted by Crippen LogP contribution is 2.47. The maximum Gasteiger partial charge on any atom is 0.343 e. The fourth-order valence-corrected chi connectivity index (χ4v) is 5.99. The van der Waals surface area contributed by atoms with Gasteiger partial charge in [-0.25, -0.2) is 14.8 Å². The Morgan fingerprint density at radius 3 is 2.76 bits per heavy atom. The molecule has 192 valence electrons. The Balaban J connectivity index is 1.59. The minimum atomic E-state index is -1.31. The molecule has 0 aliphatic carbocycles. The summed E-state index contributed by atoms with van der Waals surface area (Å²) in [6.45, 7) is 9.08. The van der Waals surface area contributed by atoms with Crippen molar-refractivity contribution in [1.29, 1.82) is 0 Å². The van der Waals surface area contributed by atoms with Crippen LogP contribution in [-0.2, 0) is 33.0 Å². The third-order valence-corrected chi connectivity index (χ3v) is 7.69. The van der Waals surface area contributed by atoms with Crippen LogP contribution in [0.4, 0.5) is 11.4 Å². The fraction of sp³-hybridized carbons (Fsp3) is 0.448. The van der Waals surface area contributed by atoms with Crippen LogP contribution in [-0.4, -0.2) is 34.5 Å². The van der Waals surface area contributed by atoms with Crippen LogP contribution in [0.15, 0.2) is 34.1 Å². The van der Waals surface area contributed by atoms with Gasteiger partial charge >= 0.3 is 5.97 Å². The summed E-state index contributed by atoms with van der Waals surface area (Å²) in [5, 5.41) is 1.02. The van der Waals surface area contributed by atoms with Gasteiger partial charge in [0.05, 0.1) is 58.2 Å². The van der Waals surface area contributed by atoms with Crippen LogP contribution in [0.5, 0.6) is 0 Å². The van der Waals surface area contributed by atoms with Crippen molar-refractivity contribution in [2.24, 2.45) is 4.99 Å². The minimum absolute atomic E-state index is 0.0466. The summed E-state index contributed by atoms with van der Waals surface area (Å²) in [6, 6.07) is 7.92. The van der Waals surface area contributed by atoms with Crippen molar-refractivity contribution in [1.82, 2.24) is 9.55 Å². The number of fused-ring (bicyclic) bond motifs is 5. The van der Waals surface area contributed by atoms with Crippen molar-refractivity contribution in [3.05, 3.63) is 51.3 Å². The van der Waals surface area contributed by atoms with E-state index in [0.29, 0.717) is 24.1 Å². The molecule has 0 saturated heterocycles. The molecule has 0 amide bonds. The Bertz CT molecular complexity index is 1520. The predicted molar refractivity (Wildman–Crippen MR) is 144 cm³/mol. The second-order valence-corrected chi connectivity index (χ2v) is 10.3. The normalized spacial score (nSPS) is 19.3. The molecule has 8 heteroatoms. The zero-order valence-electron chi connectivity index (χ0n) is 21.8. The summed E-state index contributed by atoms with van der Waals surface area (Å²) in [4.78, 5) is 39.0. The van der Waals surface area contributed by atoms with Gasteiger partial charge in [0.2, 0.25) is 0 Å². The van der Waals surface area contributed by atoms with E-state index < -0.39 is 11.6 Å². The van der Waals surface area contributed by atoms with Crippen molar-refractivity contribution < 1.29 is 14.3 Å². The van der Waals surface area contributed by atoms with Crippen molar-refractivity contribution in [2.45, 2.75) is 78.2 Å². The van der Waals surface area contributed by atoms with E-state index in [1.165, 1.54) is 0 Å². The standard InChI is InChI=1S/C29H32N4O4/c1-5-7-8-12-32-16-30-21-10-9-11-22-24(21)26(32)18-14-33-23(25(18)31-22)13-20-19(27(33)34)15-36-28(35)29(20,6-2)37-17(3)4/h9-11,13,16-17H,5-8,12,14-15H2,1-4H3/t29-/m0/s1. The third-order valence-electron chi connectivity index (χ3n) is 7.69. The number of aliphatic imine (C=N–C) groups is 1. The van der Waals surface area contributed by atoms with Crippen LogP contribution in [0.3, 0.4) is 0 Å². The summed E-state index contributed by atoms with van der Waals surface area (Å²) in [6.07, 6.45) is 5.38. The lowest BCUT2D eigenvalue weighted by atomic mass is 9.85. The number of cyclic esters (lactones) is 1. The molecule has 1 atom stereocenters. The van der Waals surface area contributed by atoms with E-state index in [-0.39, 0.29) is 18.3 Å². The van der Waals surface area contributed by atoms with Crippen molar-refractivity contribution in [2.75, 3.05) is 11.4 Å². The van der Waals surface area contributed by atoms with E-state index in [9.17, 15) is 9.59 Å². The largest absolute Gasteiger partial charge is 0.458 e. The van der Waals surface area contributed by atoms with Gasteiger partial charge in [0.1, 0.15) is 6.61 Å². The summed E-state index contributed by atoms with van der Waals surface area (Å²) < 4.78 is 13.5. The van der Waals surface area contributed by atoms with E-state index in [1.54, 1.807) is 4.57 Å². The minimum Gasteiger partial charge on any atom is -0.458 e. The van der Waals surface area contributed by atoms with Crippen molar-refractivity contribution in [3.63, 3.8) is 0 Å². The van der Waals surface area contributed by atoms with Crippen LogP contribution in [0.25, 0.3) is 22.3 Å². The molecule has 0 bridgehead atoms. The molecule has 0 fully saturated rings. The monoisotopic (exact) mass is 500 g/mol. The summed E-state index contributed by atoms with van der Waals surface area (Å²) >= 11 is 0. The van der Waals surface area contributed by atoms with Gasteiger partial charge in [-0.15, -0.1) is 0 Å². The second kappa shape index (κ2) is 8.80. The number of carbonyl (C=O) groups is 1. The number of hydrogen-bond acceptors (Lipinski definition) is 7. The van der Waals surface area contributed by atoms with Gasteiger partial charge in [0.25, 0.3) is 5.56 Å². The maximum atomic E-state index is 13.9. The maximum absolute atomic E-state index is 13.9. The average molecular weight is 501 g/mol. The number of nitrogens with zero attached hydrogens (tertiary/aromatic N) is 4. The number of esters is 1. The number of carbonyl (C=O) groups excluding carboxylic acids is 1. The van der Waals surface area contributed by atoms with Gasteiger partial charge in [0.15, 0.2) is 5.60 Å². The summed E-state index contributed by atoms with van der Waals surface area (Å²) in [5.74, 6) is -0.441. The Morgan fingerprint density at radius 2 is 2.00 bits per heavy atom. The first-order chi connectivity index (χ1) is 17.9. The lowest BCUT2D eigenvalue weighted by Crippen LogP contribution is -2.47. The lowest BCUT2D eigenvalue weighted by molar-refractivity contribution is -0.187. The quantitative estimate of drug-likeness (QED) is 0.257. The van der Waals surface area contributed by atoms with Gasteiger partial charge < -0.3 is 18.9 Å². The third kappa shape index (κ3) is 3.45.